The van der Waals surface area contributed by atoms with Gasteiger partial charge in [0.1, 0.15) is 0 Å². The molecule has 0 aromatic carbocycles. The van der Waals surface area contributed by atoms with Gasteiger partial charge in [-0.15, -0.1) is 0 Å². The van der Waals surface area contributed by atoms with Gasteiger partial charge < -0.3 is 9.47 Å². The third-order valence-corrected chi connectivity index (χ3v) is 5.42. The number of rotatable bonds is 19. The van der Waals surface area contributed by atoms with Gasteiger partial charge in [-0.3, -0.25) is 0 Å². The molecule has 0 heterocycles. The summed E-state index contributed by atoms with van der Waals surface area (Å²) in [6.07, 6.45) is 17.6. The van der Waals surface area contributed by atoms with E-state index in [0.717, 1.165) is 32.5 Å². The van der Waals surface area contributed by atoms with Crippen LogP contribution in [0, 0.1) is 5.92 Å². The summed E-state index contributed by atoms with van der Waals surface area (Å²) >= 11 is 0. The van der Waals surface area contributed by atoms with Crippen molar-refractivity contribution in [3.05, 3.63) is 0 Å². The van der Waals surface area contributed by atoms with Crippen LogP contribution in [0.15, 0.2) is 0 Å². The zero-order chi connectivity index (χ0) is 18.8. The van der Waals surface area contributed by atoms with Crippen LogP contribution in [-0.2, 0) is 9.47 Å². The molecule has 2 nitrogen and oxygen atoms in total. The van der Waals surface area contributed by atoms with Crippen molar-refractivity contribution in [3.8, 4) is 0 Å². The van der Waals surface area contributed by atoms with E-state index in [1.54, 1.807) is 0 Å². The first-order chi connectivity index (χ1) is 12.2. The maximum atomic E-state index is 6.40. The topological polar surface area (TPSA) is 18.5 Å². The molecule has 0 aliphatic carbocycles. The molecule has 0 aromatic heterocycles. The fraction of sp³-hybridized carbons (Fsp3) is 1.00. The molecule has 0 amide bonds. The minimum absolute atomic E-state index is 0.356. The van der Waals surface area contributed by atoms with Gasteiger partial charge in [0.25, 0.3) is 0 Å². The molecule has 0 radical (unpaired) electrons. The average Bonchev–Trinajstić information content (AvgIpc) is 2.63. The molecule has 25 heavy (non-hydrogen) atoms. The highest BCUT2D eigenvalue weighted by Crippen LogP contribution is 2.32. The quantitative estimate of drug-likeness (QED) is 0.173. The molecular formula is C23H48O2. The molecule has 0 rings (SSSR count). The van der Waals surface area contributed by atoms with Gasteiger partial charge in [-0.25, -0.2) is 0 Å². The minimum atomic E-state index is -0.356. The van der Waals surface area contributed by atoms with Crippen LogP contribution in [0.1, 0.15) is 125 Å². The van der Waals surface area contributed by atoms with Crippen molar-refractivity contribution in [2.24, 2.45) is 5.92 Å². The Bertz CT molecular complexity index is 253. The third-order valence-electron chi connectivity index (χ3n) is 5.42. The number of hydrogen-bond acceptors (Lipinski definition) is 2. The summed E-state index contributed by atoms with van der Waals surface area (Å²) < 4.78 is 12.8. The summed E-state index contributed by atoms with van der Waals surface area (Å²) in [5.41, 5.74) is 0. The SMILES string of the molecule is CCCCCCCCC(C)C(CC)(OCCCCC)OCCCCC. The van der Waals surface area contributed by atoms with Crippen LogP contribution in [0.4, 0.5) is 0 Å². The van der Waals surface area contributed by atoms with Gasteiger partial charge in [0.2, 0.25) is 0 Å². The molecule has 0 aliphatic rings. The predicted molar refractivity (Wildman–Crippen MR) is 111 cm³/mol. The number of ether oxygens (including phenoxy) is 2. The molecule has 0 bridgehead atoms. The Kier molecular flexibility index (Phi) is 17.3. The van der Waals surface area contributed by atoms with Gasteiger partial charge in [-0.05, 0) is 25.7 Å². The normalized spacial score (nSPS) is 13.3. The molecule has 0 saturated carbocycles. The van der Waals surface area contributed by atoms with Crippen molar-refractivity contribution >= 4 is 0 Å². The van der Waals surface area contributed by atoms with Gasteiger partial charge in [-0.1, -0.05) is 98.8 Å². The Hall–Kier alpha value is -0.0800. The lowest BCUT2D eigenvalue weighted by molar-refractivity contribution is -0.268. The first-order valence-electron chi connectivity index (χ1n) is 11.4. The highest BCUT2D eigenvalue weighted by molar-refractivity contribution is 4.76. The molecule has 0 aromatic rings. The summed E-state index contributed by atoms with van der Waals surface area (Å²) in [5.74, 6) is 0.122. The smallest absolute Gasteiger partial charge is 0.170 e. The molecule has 0 aliphatic heterocycles. The fourth-order valence-electron chi connectivity index (χ4n) is 3.52. The largest absolute Gasteiger partial charge is 0.350 e. The number of hydrogen-bond donors (Lipinski definition) is 0. The van der Waals surface area contributed by atoms with E-state index in [1.165, 1.54) is 70.6 Å². The maximum absolute atomic E-state index is 6.40. The first-order valence-corrected chi connectivity index (χ1v) is 11.4. The van der Waals surface area contributed by atoms with Gasteiger partial charge >= 0.3 is 0 Å². The summed E-state index contributed by atoms with van der Waals surface area (Å²) in [6.45, 7) is 13.0. The van der Waals surface area contributed by atoms with Crippen molar-refractivity contribution < 1.29 is 9.47 Å². The lowest BCUT2D eigenvalue weighted by Gasteiger charge is -2.38. The molecule has 152 valence electrons. The van der Waals surface area contributed by atoms with Crippen LogP contribution in [0.2, 0.25) is 0 Å². The Balaban J connectivity index is 4.42. The zero-order valence-corrected chi connectivity index (χ0v) is 18.2. The van der Waals surface area contributed by atoms with Gasteiger partial charge in [0.05, 0.1) is 13.2 Å². The van der Waals surface area contributed by atoms with Crippen LogP contribution >= 0.6 is 0 Å². The van der Waals surface area contributed by atoms with E-state index in [9.17, 15) is 0 Å². The van der Waals surface area contributed by atoms with E-state index in [4.69, 9.17) is 9.47 Å². The van der Waals surface area contributed by atoms with Gasteiger partial charge in [0.15, 0.2) is 5.79 Å². The van der Waals surface area contributed by atoms with Crippen molar-refractivity contribution in [2.45, 2.75) is 130 Å². The summed E-state index contributed by atoms with van der Waals surface area (Å²) in [4.78, 5) is 0. The predicted octanol–water partition coefficient (Wildman–Crippen LogP) is 7.89. The molecule has 0 fully saturated rings. The second-order valence-electron chi connectivity index (χ2n) is 7.73. The first kappa shape index (κ1) is 24.9. The highest BCUT2D eigenvalue weighted by atomic mass is 16.7. The van der Waals surface area contributed by atoms with Crippen molar-refractivity contribution in [3.63, 3.8) is 0 Å². The van der Waals surface area contributed by atoms with Crippen LogP contribution < -0.4 is 0 Å². The Morgan fingerprint density at radius 2 is 1.04 bits per heavy atom. The third kappa shape index (κ3) is 12.0. The maximum Gasteiger partial charge on any atom is 0.170 e. The minimum Gasteiger partial charge on any atom is -0.350 e. The molecule has 0 saturated heterocycles. The summed E-state index contributed by atoms with van der Waals surface area (Å²) in [7, 11) is 0. The molecule has 2 heteroatoms. The second-order valence-corrected chi connectivity index (χ2v) is 7.73. The molecule has 0 spiro atoms. The standard InChI is InChI=1S/C23H48O2/c1-6-10-13-14-15-16-19-22(5)23(9-4,24-20-17-11-7-2)25-21-18-12-8-3/h22H,6-21H2,1-5H3. The lowest BCUT2D eigenvalue weighted by atomic mass is 9.91. The average molecular weight is 357 g/mol. The van der Waals surface area contributed by atoms with E-state index < -0.39 is 0 Å². The summed E-state index contributed by atoms with van der Waals surface area (Å²) in [5, 5.41) is 0. The van der Waals surface area contributed by atoms with Gasteiger partial charge in [0, 0.05) is 5.92 Å². The molecule has 1 atom stereocenters. The van der Waals surface area contributed by atoms with E-state index >= 15 is 0 Å². The second kappa shape index (κ2) is 17.3. The van der Waals surface area contributed by atoms with Crippen LogP contribution in [0.25, 0.3) is 0 Å². The van der Waals surface area contributed by atoms with Crippen LogP contribution in [0.3, 0.4) is 0 Å². The van der Waals surface area contributed by atoms with E-state index in [0.29, 0.717) is 5.92 Å². The van der Waals surface area contributed by atoms with E-state index in [1.807, 2.05) is 0 Å². The van der Waals surface area contributed by atoms with Crippen LogP contribution in [-0.4, -0.2) is 19.0 Å². The Morgan fingerprint density at radius 1 is 0.600 bits per heavy atom. The molecule has 1 unspecified atom stereocenters. The summed E-state index contributed by atoms with van der Waals surface area (Å²) in [6, 6.07) is 0. The number of unbranched alkanes of at least 4 members (excludes halogenated alkanes) is 9. The van der Waals surface area contributed by atoms with Crippen molar-refractivity contribution in [1.29, 1.82) is 0 Å². The fourth-order valence-corrected chi connectivity index (χ4v) is 3.52. The highest BCUT2D eigenvalue weighted by Gasteiger charge is 2.36. The van der Waals surface area contributed by atoms with E-state index in [2.05, 4.69) is 34.6 Å². The Morgan fingerprint density at radius 3 is 1.52 bits per heavy atom. The van der Waals surface area contributed by atoms with E-state index in [-0.39, 0.29) is 5.79 Å². The van der Waals surface area contributed by atoms with Crippen LogP contribution in [0.5, 0.6) is 0 Å². The van der Waals surface area contributed by atoms with Crippen molar-refractivity contribution in [2.75, 3.05) is 13.2 Å². The Labute approximate surface area is 159 Å². The molecular weight excluding hydrogens is 308 g/mol. The lowest BCUT2D eigenvalue weighted by Crippen LogP contribution is -2.42. The monoisotopic (exact) mass is 356 g/mol. The zero-order valence-electron chi connectivity index (χ0n) is 18.2. The van der Waals surface area contributed by atoms with Crippen molar-refractivity contribution in [1.82, 2.24) is 0 Å². The van der Waals surface area contributed by atoms with Gasteiger partial charge in [-0.2, -0.15) is 0 Å². The molecule has 0 N–H and O–H groups in total.